The Kier molecular flexibility index (Phi) is 11.1. The van der Waals surface area contributed by atoms with Crippen molar-refractivity contribution in [1.29, 1.82) is 0 Å². The Morgan fingerprint density at radius 2 is 1.30 bits per heavy atom. The van der Waals surface area contributed by atoms with Crippen molar-refractivity contribution in [3.63, 3.8) is 0 Å². The van der Waals surface area contributed by atoms with Crippen molar-refractivity contribution >= 4 is 23.7 Å². The lowest BCUT2D eigenvalue weighted by atomic mass is 10.00. The predicted octanol–water partition coefficient (Wildman–Crippen LogP) is 1.11. The van der Waals surface area contributed by atoms with E-state index in [-0.39, 0.29) is 18.1 Å². The molecule has 10 heteroatoms. The third-order valence-corrected chi connectivity index (χ3v) is 5.71. The molecule has 0 heterocycles. The van der Waals surface area contributed by atoms with Crippen LogP contribution in [-0.2, 0) is 32.0 Å². The number of amides is 3. The molecule has 37 heavy (non-hydrogen) atoms. The van der Waals surface area contributed by atoms with Gasteiger partial charge in [-0.2, -0.15) is 0 Å². The number of nitrogens with one attached hydrogen (secondary N) is 3. The number of rotatable bonds is 13. The summed E-state index contributed by atoms with van der Waals surface area (Å²) < 4.78 is 0. The summed E-state index contributed by atoms with van der Waals surface area (Å²) in [5.41, 5.74) is 7.61. The Balaban J connectivity index is 2.17. The maximum absolute atomic E-state index is 13.3. The molecule has 3 amide bonds. The van der Waals surface area contributed by atoms with Crippen LogP contribution < -0.4 is 21.7 Å². The number of nitrogens with two attached hydrogens (primary N) is 1. The molecule has 0 aliphatic rings. The molecule has 2 aromatic rings. The van der Waals surface area contributed by atoms with Crippen LogP contribution in [0.4, 0.5) is 0 Å². The highest BCUT2D eigenvalue weighted by atomic mass is 16.4. The van der Waals surface area contributed by atoms with E-state index in [0.717, 1.165) is 5.56 Å². The van der Waals surface area contributed by atoms with Crippen LogP contribution in [0.5, 0.6) is 5.75 Å². The zero-order valence-electron chi connectivity index (χ0n) is 21.3. The minimum Gasteiger partial charge on any atom is -0.508 e. The number of aromatic hydroxyl groups is 1. The third-order valence-electron chi connectivity index (χ3n) is 5.71. The lowest BCUT2D eigenvalue weighted by Crippen LogP contribution is -2.57. The van der Waals surface area contributed by atoms with Gasteiger partial charge in [-0.05, 0) is 48.9 Å². The summed E-state index contributed by atoms with van der Waals surface area (Å²) in [5, 5.41) is 26.5. The van der Waals surface area contributed by atoms with Crippen molar-refractivity contribution in [2.45, 2.75) is 64.2 Å². The van der Waals surface area contributed by atoms with E-state index in [2.05, 4.69) is 16.0 Å². The van der Waals surface area contributed by atoms with Gasteiger partial charge in [-0.1, -0.05) is 56.3 Å². The topological polar surface area (TPSA) is 171 Å². The lowest BCUT2D eigenvalue weighted by Gasteiger charge is -2.26. The number of benzene rings is 2. The van der Waals surface area contributed by atoms with Crippen molar-refractivity contribution < 1.29 is 29.4 Å². The third kappa shape index (κ3) is 9.92. The molecule has 7 N–H and O–H groups in total. The van der Waals surface area contributed by atoms with Crippen LogP contribution in [0.25, 0.3) is 0 Å². The number of aliphatic carboxylic acids is 1. The summed E-state index contributed by atoms with van der Waals surface area (Å²) in [7, 11) is 0. The summed E-state index contributed by atoms with van der Waals surface area (Å²) in [4.78, 5) is 50.2. The quantitative estimate of drug-likeness (QED) is 0.233. The van der Waals surface area contributed by atoms with Gasteiger partial charge in [-0.25, -0.2) is 0 Å². The summed E-state index contributed by atoms with van der Waals surface area (Å²) in [6.07, 6.45) is 0.635. The van der Waals surface area contributed by atoms with E-state index >= 15 is 0 Å². The van der Waals surface area contributed by atoms with Crippen LogP contribution >= 0.6 is 0 Å². The molecule has 10 nitrogen and oxygen atoms in total. The van der Waals surface area contributed by atoms with E-state index in [4.69, 9.17) is 10.8 Å². The average molecular weight is 513 g/mol. The highest BCUT2D eigenvalue weighted by molar-refractivity contribution is 5.94. The Hall–Kier alpha value is -3.92. The minimum atomic E-state index is -1.22. The second kappa shape index (κ2) is 14.0. The van der Waals surface area contributed by atoms with Gasteiger partial charge in [-0.3, -0.25) is 19.2 Å². The largest absolute Gasteiger partial charge is 0.508 e. The Morgan fingerprint density at radius 3 is 1.86 bits per heavy atom. The van der Waals surface area contributed by atoms with Crippen molar-refractivity contribution in [2.75, 3.05) is 0 Å². The van der Waals surface area contributed by atoms with Gasteiger partial charge in [0.25, 0.3) is 0 Å². The molecule has 2 aromatic carbocycles. The standard InChI is InChI=1S/C27H36N4O6/c1-16(2)13-22(30-24(33)21(28)14-18-7-5-4-6-8-18)26(35)31-23(25(34)29-17(3)27(36)37)15-19-9-11-20(32)12-10-19/h4-12,16-17,21-23,32H,13-15,28H2,1-3H3,(H,29,34)(H,30,33)(H,31,35)(H,36,37). The highest BCUT2D eigenvalue weighted by Gasteiger charge is 2.30. The van der Waals surface area contributed by atoms with Crippen molar-refractivity contribution in [3.05, 3.63) is 65.7 Å². The number of hydrogen-bond donors (Lipinski definition) is 6. The molecule has 4 atom stereocenters. The molecule has 0 bridgehead atoms. The molecule has 0 saturated carbocycles. The molecule has 0 fully saturated rings. The highest BCUT2D eigenvalue weighted by Crippen LogP contribution is 2.13. The Bertz CT molecular complexity index is 1060. The number of carbonyl (C=O) groups is 4. The van der Waals surface area contributed by atoms with Gasteiger partial charge in [0.15, 0.2) is 0 Å². The fourth-order valence-electron chi connectivity index (χ4n) is 3.67. The summed E-state index contributed by atoms with van der Waals surface area (Å²) in [5.74, 6) is -2.91. The minimum absolute atomic E-state index is 0.0396. The molecule has 0 aliphatic carbocycles. The van der Waals surface area contributed by atoms with Gasteiger partial charge in [0, 0.05) is 6.42 Å². The fourth-order valence-corrected chi connectivity index (χ4v) is 3.67. The first-order valence-electron chi connectivity index (χ1n) is 12.2. The van der Waals surface area contributed by atoms with E-state index in [1.807, 2.05) is 44.2 Å². The van der Waals surface area contributed by atoms with Crippen molar-refractivity contribution in [3.8, 4) is 5.75 Å². The molecule has 4 unspecified atom stereocenters. The SMILES string of the molecule is CC(C)CC(NC(=O)C(N)Cc1ccccc1)C(=O)NC(Cc1ccc(O)cc1)C(=O)NC(C)C(=O)O. The first kappa shape index (κ1) is 29.3. The van der Waals surface area contributed by atoms with Crippen LogP contribution in [0.3, 0.4) is 0 Å². The molecule has 200 valence electrons. The molecular formula is C27H36N4O6. The van der Waals surface area contributed by atoms with Crippen LogP contribution in [-0.4, -0.2) is 58.1 Å². The molecule has 0 aromatic heterocycles. The van der Waals surface area contributed by atoms with Gasteiger partial charge in [-0.15, -0.1) is 0 Å². The zero-order valence-corrected chi connectivity index (χ0v) is 21.3. The Morgan fingerprint density at radius 1 is 0.757 bits per heavy atom. The summed E-state index contributed by atoms with van der Waals surface area (Å²) in [6, 6.07) is 11.2. The van der Waals surface area contributed by atoms with Gasteiger partial charge in [0.2, 0.25) is 17.7 Å². The molecule has 0 aliphatic heterocycles. The Labute approximate surface area is 216 Å². The van der Waals surface area contributed by atoms with E-state index in [9.17, 15) is 24.3 Å². The summed E-state index contributed by atoms with van der Waals surface area (Å²) >= 11 is 0. The van der Waals surface area contributed by atoms with Gasteiger partial charge in [0.1, 0.15) is 23.9 Å². The second-order valence-corrected chi connectivity index (χ2v) is 9.49. The number of phenols is 1. The monoisotopic (exact) mass is 512 g/mol. The first-order valence-corrected chi connectivity index (χ1v) is 12.2. The molecule has 2 rings (SSSR count). The molecule has 0 radical (unpaired) electrons. The number of phenolic OH excluding ortho intramolecular Hbond substituents is 1. The maximum Gasteiger partial charge on any atom is 0.325 e. The predicted molar refractivity (Wildman–Crippen MR) is 138 cm³/mol. The zero-order chi connectivity index (χ0) is 27.5. The molecular weight excluding hydrogens is 476 g/mol. The van der Waals surface area contributed by atoms with E-state index in [0.29, 0.717) is 18.4 Å². The van der Waals surface area contributed by atoms with Gasteiger partial charge >= 0.3 is 5.97 Å². The van der Waals surface area contributed by atoms with E-state index < -0.39 is 47.9 Å². The number of carboxylic acids is 1. The van der Waals surface area contributed by atoms with E-state index in [1.165, 1.54) is 19.1 Å². The van der Waals surface area contributed by atoms with Gasteiger partial charge < -0.3 is 31.9 Å². The fraction of sp³-hybridized carbons (Fsp3) is 0.407. The second-order valence-electron chi connectivity index (χ2n) is 9.49. The van der Waals surface area contributed by atoms with Crippen LogP contribution in [0.2, 0.25) is 0 Å². The molecule has 0 spiro atoms. The average Bonchev–Trinajstić information content (AvgIpc) is 2.84. The normalized spacial score (nSPS) is 14.2. The van der Waals surface area contributed by atoms with Crippen molar-refractivity contribution in [2.24, 2.45) is 11.7 Å². The van der Waals surface area contributed by atoms with Gasteiger partial charge in [0.05, 0.1) is 6.04 Å². The summed E-state index contributed by atoms with van der Waals surface area (Å²) in [6.45, 7) is 5.10. The van der Waals surface area contributed by atoms with E-state index in [1.54, 1.807) is 12.1 Å². The lowest BCUT2D eigenvalue weighted by molar-refractivity contribution is -0.141. The number of hydrogen-bond acceptors (Lipinski definition) is 6. The smallest absolute Gasteiger partial charge is 0.325 e. The molecule has 0 saturated heterocycles. The first-order chi connectivity index (χ1) is 17.5. The number of carboxylic acid groups (broad SMARTS) is 1. The van der Waals surface area contributed by atoms with Crippen LogP contribution in [0.1, 0.15) is 38.3 Å². The van der Waals surface area contributed by atoms with Crippen LogP contribution in [0.15, 0.2) is 54.6 Å². The van der Waals surface area contributed by atoms with Crippen molar-refractivity contribution in [1.82, 2.24) is 16.0 Å². The van der Waals surface area contributed by atoms with Crippen LogP contribution in [0, 0.1) is 5.92 Å². The number of carbonyl (C=O) groups excluding carboxylic acids is 3. The maximum atomic E-state index is 13.3.